The van der Waals surface area contributed by atoms with Crippen molar-refractivity contribution in [1.82, 2.24) is 15.0 Å². The molecule has 3 N–H and O–H groups in total. The highest BCUT2D eigenvalue weighted by atomic mass is 35.5. The van der Waals surface area contributed by atoms with Gasteiger partial charge in [-0.25, -0.2) is 27.3 Å². The molecule has 0 spiro atoms. The molecule has 1 saturated heterocycles. The number of hydrogen-bond donors (Lipinski definition) is 3. The third-order valence-electron chi connectivity index (χ3n) is 6.10. The first-order valence-electron chi connectivity index (χ1n) is 10.8. The Labute approximate surface area is 202 Å². The summed E-state index contributed by atoms with van der Waals surface area (Å²) in [6.07, 6.45) is 5.26. The van der Waals surface area contributed by atoms with E-state index in [1.54, 1.807) is 4.90 Å². The van der Waals surface area contributed by atoms with Gasteiger partial charge in [0.2, 0.25) is 15.9 Å². The van der Waals surface area contributed by atoms with E-state index >= 15 is 0 Å². The van der Waals surface area contributed by atoms with Crippen LogP contribution in [-0.2, 0) is 20.2 Å². The Hall–Kier alpha value is -2.76. The molecule has 182 valence electrons. The lowest BCUT2D eigenvalue weighted by Crippen LogP contribution is -2.53. The molecule has 1 saturated carbocycles. The van der Waals surface area contributed by atoms with Crippen molar-refractivity contribution in [1.29, 1.82) is 0 Å². The zero-order valence-electron chi connectivity index (χ0n) is 18.5. The molecule has 0 bridgehead atoms. The van der Waals surface area contributed by atoms with Gasteiger partial charge in [0.15, 0.2) is 11.6 Å². The maximum absolute atomic E-state index is 13.9. The van der Waals surface area contributed by atoms with Crippen LogP contribution in [0.15, 0.2) is 36.5 Å². The topological polar surface area (TPSA) is 120 Å². The SMILES string of the molecule is CS(=O)(=O)NCC1(c2ccc(N3CCC[C@@H](NC(=O)Nc4ncc(Cl)cc4F)C3=O)cc2)CC1. The number of nitrogens with zero attached hydrogens (tertiary/aromatic N) is 2. The summed E-state index contributed by atoms with van der Waals surface area (Å²) in [6, 6.07) is 7.03. The molecule has 1 aliphatic carbocycles. The number of benzene rings is 1. The van der Waals surface area contributed by atoms with Crippen LogP contribution in [-0.4, -0.2) is 50.7 Å². The third kappa shape index (κ3) is 5.65. The van der Waals surface area contributed by atoms with E-state index in [9.17, 15) is 22.4 Å². The van der Waals surface area contributed by atoms with Gasteiger partial charge in [0.1, 0.15) is 6.04 Å². The summed E-state index contributed by atoms with van der Waals surface area (Å²) in [4.78, 5) is 30.7. The molecular formula is C22H25ClFN5O4S. The summed E-state index contributed by atoms with van der Waals surface area (Å²) >= 11 is 5.67. The predicted octanol–water partition coefficient (Wildman–Crippen LogP) is 2.77. The number of pyridine rings is 1. The number of aromatic nitrogens is 1. The second-order valence-electron chi connectivity index (χ2n) is 8.69. The Morgan fingerprint density at radius 3 is 2.62 bits per heavy atom. The van der Waals surface area contributed by atoms with Gasteiger partial charge in [0, 0.05) is 30.4 Å². The van der Waals surface area contributed by atoms with Gasteiger partial charge in [-0.15, -0.1) is 0 Å². The van der Waals surface area contributed by atoms with Crippen LogP contribution < -0.4 is 20.3 Å². The van der Waals surface area contributed by atoms with Crippen LogP contribution in [0.1, 0.15) is 31.2 Å². The van der Waals surface area contributed by atoms with Crippen molar-refractivity contribution in [3.05, 3.63) is 52.9 Å². The number of nitrogens with one attached hydrogen (secondary N) is 3. The lowest BCUT2D eigenvalue weighted by atomic mass is 9.95. The highest BCUT2D eigenvalue weighted by Crippen LogP contribution is 2.48. The maximum Gasteiger partial charge on any atom is 0.321 e. The van der Waals surface area contributed by atoms with E-state index in [2.05, 4.69) is 20.3 Å². The Morgan fingerprint density at radius 2 is 2.00 bits per heavy atom. The van der Waals surface area contributed by atoms with Crippen LogP contribution in [0.25, 0.3) is 0 Å². The maximum atomic E-state index is 13.9. The van der Waals surface area contributed by atoms with E-state index in [0.717, 1.165) is 30.7 Å². The number of carbonyl (C=O) groups excluding carboxylic acids is 2. The summed E-state index contributed by atoms with van der Waals surface area (Å²) in [7, 11) is -3.27. The molecule has 4 rings (SSSR count). The quantitative estimate of drug-likeness (QED) is 0.530. The molecule has 1 atom stereocenters. The Morgan fingerprint density at radius 1 is 1.29 bits per heavy atom. The fraction of sp³-hybridized carbons (Fsp3) is 0.409. The largest absolute Gasteiger partial charge is 0.326 e. The number of piperidine rings is 1. The van der Waals surface area contributed by atoms with Crippen molar-refractivity contribution < 1.29 is 22.4 Å². The molecule has 2 heterocycles. The van der Waals surface area contributed by atoms with Crippen LogP contribution in [0.2, 0.25) is 5.02 Å². The number of halogens is 2. The van der Waals surface area contributed by atoms with Crippen LogP contribution >= 0.6 is 11.6 Å². The Kier molecular flexibility index (Phi) is 6.79. The van der Waals surface area contributed by atoms with Gasteiger partial charge in [-0.3, -0.25) is 10.1 Å². The molecule has 1 aromatic carbocycles. The number of rotatable bonds is 7. The van der Waals surface area contributed by atoms with Crippen molar-refractivity contribution >= 4 is 45.1 Å². The van der Waals surface area contributed by atoms with Gasteiger partial charge in [-0.1, -0.05) is 23.7 Å². The van der Waals surface area contributed by atoms with Crippen molar-refractivity contribution in [2.24, 2.45) is 0 Å². The fourth-order valence-corrected chi connectivity index (χ4v) is 4.74. The number of sulfonamides is 1. The Balaban J connectivity index is 1.39. The lowest BCUT2D eigenvalue weighted by Gasteiger charge is -2.33. The smallest absolute Gasteiger partial charge is 0.321 e. The zero-order valence-corrected chi connectivity index (χ0v) is 20.0. The lowest BCUT2D eigenvalue weighted by molar-refractivity contribution is -0.121. The molecule has 0 unspecified atom stereocenters. The molecule has 1 aromatic heterocycles. The standard InChI is InChI=1S/C22H25ClFN5O4S/c1-34(32,33)26-13-22(8-9-22)14-4-6-16(7-5-14)29-10-2-3-18(20(29)30)27-21(31)28-19-17(24)11-15(23)12-25-19/h4-7,11-12,18,26H,2-3,8-10,13H2,1H3,(H2,25,27,28,31)/t18-/m1/s1. The molecule has 9 nitrogen and oxygen atoms in total. The van der Waals surface area contributed by atoms with Crippen LogP contribution in [0.5, 0.6) is 0 Å². The van der Waals surface area contributed by atoms with Gasteiger partial charge >= 0.3 is 6.03 Å². The number of urea groups is 1. The molecule has 3 amide bonds. The number of carbonyl (C=O) groups is 2. The number of anilines is 2. The normalized spacial score (nSPS) is 19.6. The molecule has 0 radical (unpaired) electrons. The predicted molar refractivity (Wildman–Crippen MR) is 127 cm³/mol. The summed E-state index contributed by atoms with van der Waals surface area (Å²) < 4.78 is 39.4. The highest BCUT2D eigenvalue weighted by Gasteiger charge is 2.44. The van der Waals surface area contributed by atoms with E-state index in [1.165, 1.54) is 6.20 Å². The van der Waals surface area contributed by atoms with E-state index in [-0.39, 0.29) is 22.2 Å². The average Bonchev–Trinajstić information content (AvgIpc) is 3.57. The van der Waals surface area contributed by atoms with Crippen LogP contribution in [0.4, 0.5) is 20.7 Å². The highest BCUT2D eigenvalue weighted by molar-refractivity contribution is 7.88. The molecule has 2 aromatic rings. The monoisotopic (exact) mass is 509 g/mol. The van der Waals surface area contributed by atoms with Crippen LogP contribution in [0, 0.1) is 5.82 Å². The van der Waals surface area contributed by atoms with E-state index < -0.39 is 27.9 Å². The Bertz CT molecular complexity index is 1200. The van der Waals surface area contributed by atoms with E-state index in [1.807, 2.05) is 24.3 Å². The van der Waals surface area contributed by atoms with E-state index in [4.69, 9.17) is 11.6 Å². The molecule has 12 heteroatoms. The second-order valence-corrected chi connectivity index (χ2v) is 11.0. The minimum Gasteiger partial charge on any atom is -0.326 e. The molecule has 1 aliphatic heterocycles. The van der Waals surface area contributed by atoms with Gasteiger partial charge in [0.05, 0.1) is 11.3 Å². The number of hydrogen-bond acceptors (Lipinski definition) is 5. The van der Waals surface area contributed by atoms with Crippen LogP contribution in [0.3, 0.4) is 0 Å². The zero-order chi connectivity index (χ0) is 24.5. The minimum atomic E-state index is -3.27. The average molecular weight is 510 g/mol. The van der Waals surface area contributed by atoms with Crippen molar-refractivity contribution in [2.45, 2.75) is 37.1 Å². The summed E-state index contributed by atoms with van der Waals surface area (Å²) in [5, 5.41) is 4.99. The van der Waals surface area contributed by atoms with Crippen molar-refractivity contribution in [2.75, 3.05) is 29.6 Å². The van der Waals surface area contributed by atoms with Crippen molar-refractivity contribution in [3.8, 4) is 0 Å². The molecule has 2 aliphatic rings. The van der Waals surface area contributed by atoms with Gasteiger partial charge in [-0.05, 0) is 49.4 Å². The first-order chi connectivity index (χ1) is 16.1. The molecule has 2 fully saturated rings. The van der Waals surface area contributed by atoms with E-state index in [0.29, 0.717) is 31.6 Å². The summed E-state index contributed by atoms with van der Waals surface area (Å²) in [5.74, 6) is -1.32. The number of amides is 3. The summed E-state index contributed by atoms with van der Waals surface area (Å²) in [6.45, 7) is 0.851. The minimum absolute atomic E-state index is 0.104. The summed E-state index contributed by atoms with van der Waals surface area (Å²) in [5.41, 5.74) is 1.50. The molecular weight excluding hydrogens is 485 g/mol. The first-order valence-corrected chi connectivity index (χ1v) is 13.1. The third-order valence-corrected chi connectivity index (χ3v) is 6.98. The van der Waals surface area contributed by atoms with Crippen molar-refractivity contribution in [3.63, 3.8) is 0 Å². The van der Waals surface area contributed by atoms with Gasteiger partial charge in [0.25, 0.3) is 0 Å². The molecule has 34 heavy (non-hydrogen) atoms. The fourth-order valence-electron chi connectivity index (χ4n) is 4.06. The second kappa shape index (κ2) is 9.47. The van der Waals surface area contributed by atoms with Gasteiger partial charge < -0.3 is 10.2 Å². The van der Waals surface area contributed by atoms with Gasteiger partial charge in [-0.2, -0.15) is 0 Å². The first kappa shape index (κ1) is 24.4.